The minimum Gasteiger partial charge on any atom is -0.342 e. The largest absolute Gasteiger partial charge is 0.342 e. The summed E-state index contributed by atoms with van der Waals surface area (Å²) in [5, 5.41) is 11.0. The van der Waals surface area contributed by atoms with Crippen LogP contribution in [0.5, 0.6) is 0 Å². The van der Waals surface area contributed by atoms with Crippen LogP contribution in [0, 0.1) is 10.1 Å². The van der Waals surface area contributed by atoms with Crippen molar-refractivity contribution in [2.24, 2.45) is 5.73 Å². The molecule has 1 aromatic carbocycles. The van der Waals surface area contributed by atoms with E-state index in [4.69, 9.17) is 17.3 Å². The number of nitro groups is 1. The summed E-state index contributed by atoms with van der Waals surface area (Å²) < 4.78 is 0. The van der Waals surface area contributed by atoms with Crippen LogP contribution in [0.1, 0.15) is 25.1 Å². The van der Waals surface area contributed by atoms with Crippen LogP contribution in [0.3, 0.4) is 0 Å². The van der Waals surface area contributed by atoms with Crippen molar-refractivity contribution in [1.82, 2.24) is 9.97 Å². The summed E-state index contributed by atoms with van der Waals surface area (Å²) in [7, 11) is 0. The highest BCUT2D eigenvalue weighted by atomic mass is 35.5. The Balaban J connectivity index is 2.33. The first-order valence-electron chi connectivity index (χ1n) is 6.22. The van der Waals surface area contributed by atoms with Gasteiger partial charge < -0.3 is 10.7 Å². The highest BCUT2D eigenvalue weighted by molar-refractivity contribution is 6.32. The van der Waals surface area contributed by atoms with Crippen molar-refractivity contribution in [2.75, 3.05) is 6.54 Å². The molecule has 0 fully saturated rings. The Bertz CT molecular complexity index is 627. The maximum atomic E-state index is 10.9. The number of benzene rings is 1. The lowest BCUT2D eigenvalue weighted by Crippen LogP contribution is -2.05. The molecule has 7 heteroatoms. The number of halogens is 1. The maximum absolute atomic E-state index is 10.9. The number of nitro benzene ring substituents is 1. The number of aromatic nitrogens is 2. The highest BCUT2D eigenvalue weighted by Gasteiger charge is 2.15. The molecule has 0 saturated heterocycles. The predicted octanol–water partition coefficient (Wildman–Crippen LogP) is 3.09. The lowest BCUT2D eigenvalue weighted by Gasteiger charge is -2.05. The number of rotatable bonds is 5. The van der Waals surface area contributed by atoms with Crippen molar-refractivity contribution in [3.05, 3.63) is 45.4 Å². The van der Waals surface area contributed by atoms with Gasteiger partial charge in [-0.25, -0.2) is 4.98 Å². The van der Waals surface area contributed by atoms with Crippen molar-refractivity contribution < 1.29 is 4.92 Å². The molecule has 1 atom stereocenters. The van der Waals surface area contributed by atoms with Crippen molar-refractivity contribution in [3.63, 3.8) is 0 Å². The first-order valence-corrected chi connectivity index (χ1v) is 6.60. The molecule has 0 aliphatic heterocycles. The van der Waals surface area contributed by atoms with Gasteiger partial charge >= 0.3 is 0 Å². The Labute approximate surface area is 121 Å². The monoisotopic (exact) mass is 294 g/mol. The zero-order chi connectivity index (χ0) is 14.7. The summed E-state index contributed by atoms with van der Waals surface area (Å²) in [4.78, 5) is 17.8. The number of hydrogen-bond donors (Lipinski definition) is 2. The Morgan fingerprint density at radius 1 is 1.55 bits per heavy atom. The minimum atomic E-state index is -0.500. The van der Waals surface area contributed by atoms with E-state index < -0.39 is 4.92 Å². The average Bonchev–Trinajstić information content (AvgIpc) is 2.89. The van der Waals surface area contributed by atoms with Crippen molar-refractivity contribution in [1.29, 1.82) is 0 Å². The van der Waals surface area contributed by atoms with Gasteiger partial charge in [0.15, 0.2) is 0 Å². The third-order valence-corrected chi connectivity index (χ3v) is 3.44. The number of hydrogen-bond acceptors (Lipinski definition) is 4. The second kappa shape index (κ2) is 6.02. The normalized spacial score (nSPS) is 12.3. The van der Waals surface area contributed by atoms with Gasteiger partial charge in [0.25, 0.3) is 5.69 Å². The molecule has 0 aliphatic carbocycles. The van der Waals surface area contributed by atoms with Gasteiger partial charge in [0, 0.05) is 17.5 Å². The van der Waals surface area contributed by atoms with E-state index in [0.717, 1.165) is 17.9 Å². The quantitative estimate of drug-likeness (QED) is 0.654. The summed E-state index contributed by atoms with van der Waals surface area (Å²) in [6.07, 6.45) is 2.49. The molecule has 0 radical (unpaired) electrons. The topological polar surface area (TPSA) is 97.8 Å². The van der Waals surface area contributed by atoms with Gasteiger partial charge in [-0.1, -0.05) is 24.6 Å². The molecule has 6 nitrogen and oxygen atoms in total. The number of H-pyrrole nitrogens is 1. The lowest BCUT2D eigenvalue weighted by atomic mass is 10.1. The maximum Gasteiger partial charge on any atom is 0.288 e. The molecule has 3 N–H and O–H groups in total. The summed E-state index contributed by atoms with van der Waals surface area (Å²) in [5.41, 5.74) is 6.81. The van der Waals surface area contributed by atoms with Crippen LogP contribution >= 0.6 is 11.6 Å². The Morgan fingerprint density at radius 3 is 2.95 bits per heavy atom. The summed E-state index contributed by atoms with van der Waals surface area (Å²) >= 11 is 5.79. The van der Waals surface area contributed by atoms with Gasteiger partial charge in [-0.3, -0.25) is 10.1 Å². The zero-order valence-corrected chi connectivity index (χ0v) is 11.7. The third kappa shape index (κ3) is 2.97. The SMILES string of the molecule is CC(CCN)c1ncc(-c2ccc(Cl)c([N+](=O)[O-])c2)[nH]1. The van der Waals surface area contributed by atoms with Crippen molar-refractivity contribution in [2.45, 2.75) is 19.3 Å². The molecule has 2 aromatic rings. The van der Waals surface area contributed by atoms with Crippen molar-refractivity contribution >= 4 is 17.3 Å². The van der Waals surface area contributed by atoms with Crippen LogP contribution in [-0.2, 0) is 0 Å². The first-order chi connectivity index (χ1) is 9.52. The fraction of sp³-hybridized carbons (Fsp3) is 0.308. The van der Waals surface area contributed by atoms with Crippen LogP contribution in [-0.4, -0.2) is 21.4 Å². The Hall–Kier alpha value is -1.92. The number of nitrogens with zero attached hydrogens (tertiary/aromatic N) is 2. The first kappa shape index (κ1) is 14.5. The van der Waals surface area contributed by atoms with Gasteiger partial charge in [0.1, 0.15) is 10.8 Å². The number of nitrogens with one attached hydrogen (secondary N) is 1. The second-order valence-corrected chi connectivity index (χ2v) is 4.99. The van der Waals surface area contributed by atoms with Crippen LogP contribution in [0.2, 0.25) is 5.02 Å². The molecule has 0 spiro atoms. The summed E-state index contributed by atoms with van der Waals surface area (Å²) in [6.45, 7) is 2.61. The van der Waals surface area contributed by atoms with E-state index in [1.807, 2.05) is 6.92 Å². The molecule has 2 rings (SSSR count). The summed E-state index contributed by atoms with van der Waals surface area (Å²) in [5.74, 6) is 1.04. The Morgan fingerprint density at radius 2 is 2.30 bits per heavy atom. The molecule has 0 bridgehead atoms. The van der Waals surface area contributed by atoms with E-state index in [0.29, 0.717) is 12.1 Å². The van der Waals surface area contributed by atoms with Gasteiger partial charge in [-0.15, -0.1) is 0 Å². The average molecular weight is 295 g/mol. The molecule has 20 heavy (non-hydrogen) atoms. The van der Waals surface area contributed by atoms with Crippen LogP contribution < -0.4 is 5.73 Å². The van der Waals surface area contributed by atoms with Crippen LogP contribution in [0.25, 0.3) is 11.3 Å². The predicted molar refractivity (Wildman–Crippen MR) is 77.8 cm³/mol. The number of nitrogens with two attached hydrogens (primary N) is 1. The van der Waals surface area contributed by atoms with Gasteiger partial charge in [0.2, 0.25) is 0 Å². The molecule has 0 amide bonds. The summed E-state index contributed by atoms with van der Waals surface area (Å²) in [6, 6.07) is 4.67. The molecule has 106 valence electrons. The standard InChI is InChI=1S/C13H15ClN4O2/c1-8(4-5-15)13-16-7-11(17-13)9-2-3-10(14)12(6-9)18(19)20/h2-3,6-8H,4-5,15H2,1H3,(H,16,17). The molecule has 0 saturated carbocycles. The van der Waals surface area contributed by atoms with Gasteiger partial charge in [0.05, 0.1) is 16.8 Å². The fourth-order valence-electron chi connectivity index (χ4n) is 1.94. The molecule has 1 heterocycles. The van der Waals surface area contributed by atoms with Gasteiger partial charge in [-0.2, -0.15) is 0 Å². The van der Waals surface area contributed by atoms with E-state index in [9.17, 15) is 10.1 Å². The van der Waals surface area contributed by atoms with E-state index in [-0.39, 0.29) is 16.6 Å². The minimum absolute atomic E-state index is 0.115. The zero-order valence-electron chi connectivity index (χ0n) is 11.0. The van der Waals surface area contributed by atoms with Gasteiger partial charge in [-0.05, 0) is 19.0 Å². The number of aromatic amines is 1. The van der Waals surface area contributed by atoms with Crippen LogP contribution in [0.4, 0.5) is 5.69 Å². The molecule has 1 aromatic heterocycles. The van der Waals surface area contributed by atoms with Crippen LogP contribution in [0.15, 0.2) is 24.4 Å². The highest BCUT2D eigenvalue weighted by Crippen LogP contribution is 2.30. The molecule has 1 unspecified atom stereocenters. The van der Waals surface area contributed by atoms with Crippen molar-refractivity contribution in [3.8, 4) is 11.3 Å². The number of imidazole rings is 1. The molecular weight excluding hydrogens is 280 g/mol. The molecule has 0 aliphatic rings. The van der Waals surface area contributed by atoms with E-state index in [2.05, 4.69) is 9.97 Å². The molecular formula is C13H15ClN4O2. The Kier molecular flexibility index (Phi) is 4.36. The lowest BCUT2D eigenvalue weighted by molar-refractivity contribution is -0.384. The van der Waals surface area contributed by atoms with E-state index in [1.165, 1.54) is 12.1 Å². The van der Waals surface area contributed by atoms with E-state index >= 15 is 0 Å². The fourth-order valence-corrected chi connectivity index (χ4v) is 2.13. The third-order valence-electron chi connectivity index (χ3n) is 3.12. The van der Waals surface area contributed by atoms with E-state index in [1.54, 1.807) is 12.3 Å². The smallest absolute Gasteiger partial charge is 0.288 e. The second-order valence-electron chi connectivity index (χ2n) is 4.58.